The van der Waals surface area contributed by atoms with Crippen LogP contribution in [0.4, 0.5) is 10.1 Å². The second-order valence-electron chi connectivity index (χ2n) is 5.13. The Balaban J connectivity index is 1.94. The molecule has 5 heteroatoms. The topological polar surface area (TPSA) is 46.4 Å². The lowest BCUT2D eigenvalue weighted by Crippen LogP contribution is -2.15. The number of benzene rings is 1. The summed E-state index contributed by atoms with van der Waals surface area (Å²) < 4.78 is 14.9. The smallest absolute Gasteiger partial charge is 0.274 e. The minimum Gasteiger partial charge on any atom is -0.321 e. The summed E-state index contributed by atoms with van der Waals surface area (Å²) in [4.78, 5) is 16.8. The number of carbonyl (C=O) groups is 1. The summed E-state index contributed by atoms with van der Waals surface area (Å²) in [6.07, 6.45) is 2.21. The summed E-state index contributed by atoms with van der Waals surface area (Å²) in [5.41, 5.74) is 3.35. The predicted molar refractivity (Wildman–Crippen MR) is 83.7 cm³/mol. The van der Waals surface area contributed by atoms with E-state index in [0.717, 1.165) is 6.42 Å². The molecule has 1 N–H and O–H groups in total. The van der Waals surface area contributed by atoms with Crippen LogP contribution in [0.3, 0.4) is 0 Å². The van der Waals surface area contributed by atoms with E-state index in [0.29, 0.717) is 22.7 Å². The quantitative estimate of drug-likeness (QED) is 0.803. The maximum absolute atomic E-state index is 13.4. The summed E-state index contributed by atoms with van der Waals surface area (Å²) in [7, 11) is 0. The number of carbonyl (C=O) groups excluding carboxylic acids is 1. The Morgan fingerprint density at radius 1 is 1.23 bits per heavy atom. The molecule has 1 aromatic carbocycles. The highest BCUT2D eigenvalue weighted by atomic mass is 19.1. The van der Waals surface area contributed by atoms with Gasteiger partial charge in [-0.3, -0.25) is 9.20 Å². The average Bonchev–Trinajstić information content (AvgIpc) is 2.83. The fraction of sp³-hybridized carbons (Fsp3) is 0.176. The van der Waals surface area contributed by atoms with Crippen molar-refractivity contribution in [1.82, 2.24) is 9.38 Å². The maximum atomic E-state index is 13.4. The van der Waals surface area contributed by atoms with Gasteiger partial charge in [0.25, 0.3) is 5.91 Å². The maximum Gasteiger partial charge on any atom is 0.274 e. The number of aromatic nitrogens is 2. The third-order valence-electron chi connectivity index (χ3n) is 3.59. The molecule has 2 aromatic heterocycles. The van der Waals surface area contributed by atoms with Gasteiger partial charge in [-0.15, -0.1) is 0 Å². The van der Waals surface area contributed by atoms with Crippen LogP contribution in [0.1, 0.15) is 28.7 Å². The van der Waals surface area contributed by atoms with Crippen molar-refractivity contribution in [1.29, 1.82) is 0 Å². The number of fused-ring (bicyclic) bond motifs is 1. The van der Waals surface area contributed by atoms with E-state index in [9.17, 15) is 9.18 Å². The largest absolute Gasteiger partial charge is 0.321 e. The van der Waals surface area contributed by atoms with Crippen molar-refractivity contribution < 1.29 is 9.18 Å². The lowest BCUT2D eigenvalue weighted by atomic mass is 10.1. The van der Waals surface area contributed by atoms with E-state index in [4.69, 9.17) is 0 Å². The van der Waals surface area contributed by atoms with Crippen LogP contribution in [0.2, 0.25) is 0 Å². The van der Waals surface area contributed by atoms with Gasteiger partial charge >= 0.3 is 0 Å². The Labute approximate surface area is 127 Å². The van der Waals surface area contributed by atoms with Crippen molar-refractivity contribution in [3.63, 3.8) is 0 Å². The number of hydrogen-bond donors (Lipinski definition) is 1. The first-order valence-corrected chi connectivity index (χ1v) is 7.13. The molecule has 3 aromatic rings. The van der Waals surface area contributed by atoms with Crippen LogP contribution in [0.25, 0.3) is 5.65 Å². The van der Waals surface area contributed by atoms with Crippen LogP contribution < -0.4 is 5.32 Å². The van der Waals surface area contributed by atoms with E-state index in [1.165, 1.54) is 22.2 Å². The first-order chi connectivity index (χ1) is 10.6. The van der Waals surface area contributed by atoms with Crippen LogP contribution in [-0.4, -0.2) is 15.3 Å². The first kappa shape index (κ1) is 14.3. The summed E-state index contributed by atoms with van der Waals surface area (Å²) in [6.45, 7) is 3.81. The summed E-state index contributed by atoms with van der Waals surface area (Å²) in [6, 6.07) is 10.5. The number of pyridine rings is 1. The highest BCUT2D eigenvalue weighted by molar-refractivity contribution is 6.04. The minimum atomic E-state index is -0.411. The molecule has 3 rings (SSSR count). The summed E-state index contributed by atoms with van der Waals surface area (Å²) in [5, 5.41) is 2.83. The summed E-state index contributed by atoms with van der Waals surface area (Å²) >= 11 is 0. The number of nitrogens with zero attached hydrogens (tertiary/aromatic N) is 2. The van der Waals surface area contributed by atoms with Crippen molar-refractivity contribution in [3.8, 4) is 0 Å². The average molecular weight is 297 g/mol. The van der Waals surface area contributed by atoms with E-state index in [1.807, 2.05) is 24.3 Å². The normalized spacial score (nSPS) is 10.9. The molecule has 0 radical (unpaired) electrons. The highest BCUT2D eigenvalue weighted by Crippen LogP contribution is 2.16. The third kappa shape index (κ3) is 2.57. The van der Waals surface area contributed by atoms with Crippen molar-refractivity contribution >= 4 is 17.2 Å². The van der Waals surface area contributed by atoms with Gasteiger partial charge in [-0.05, 0) is 43.2 Å². The van der Waals surface area contributed by atoms with Crippen molar-refractivity contribution in [2.45, 2.75) is 20.3 Å². The highest BCUT2D eigenvalue weighted by Gasteiger charge is 2.17. The van der Waals surface area contributed by atoms with E-state index >= 15 is 0 Å². The fourth-order valence-electron chi connectivity index (χ4n) is 2.42. The second-order valence-corrected chi connectivity index (χ2v) is 5.13. The molecule has 112 valence electrons. The fourth-order valence-corrected chi connectivity index (χ4v) is 2.42. The van der Waals surface area contributed by atoms with E-state index in [2.05, 4.69) is 17.2 Å². The van der Waals surface area contributed by atoms with Gasteiger partial charge in [-0.2, -0.15) is 0 Å². The van der Waals surface area contributed by atoms with Crippen LogP contribution >= 0.6 is 0 Å². The van der Waals surface area contributed by atoms with Gasteiger partial charge in [0.05, 0.1) is 5.69 Å². The van der Waals surface area contributed by atoms with Crippen LogP contribution in [0, 0.1) is 12.7 Å². The zero-order chi connectivity index (χ0) is 15.7. The Bertz CT molecular complexity index is 837. The van der Waals surface area contributed by atoms with Crippen molar-refractivity contribution in [2.75, 3.05) is 5.32 Å². The molecule has 0 saturated heterocycles. The van der Waals surface area contributed by atoms with Gasteiger partial charge in [0, 0.05) is 11.9 Å². The molecule has 2 heterocycles. The molecule has 0 unspecified atom stereocenters. The molecular formula is C17H16FN3O. The number of rotatable bonds is 3. The van der Waals surface area contributed by atoms with Gasteiger partial charge in [0.1, 0.15) is 17.2 Å². The Hall–Kier alpha value is -2.69. The van der Waals surface area contributed by atoms with Crippen molar-refractivity contribution in [2.24, 2.45) is 0 Å². The SMILES string of the molecule is CCc1ccc(NC(=O)c2c(C)nc3ccc(F)cn23)cc1. The number of anilines is 1. The van der Waals surface area contributed by atoms with Crippen LogP contribution in [0.15, 0.2) is 42.6 Å². The van der Waals surface area contributed by atoms with Gasteiger partial charge in [0.15, 0.2) is 0 Å². The Morgan fingerprint density at radius 2 is 1.95 bits per heavy atom. The van der Waals surface area contributed by atoms with Crippen LogP contribution in [0.5, 0.6) is 0 Å². The predicted octanol–water partition coefficient (Wildman–Crippen LogP) is 3.60. The zero-order valence-electron chi connectivity index (χ0n) is 12.4. The molecular weight excluding hydrogens is 281 g/mol. The molecule has 4 nitrogen and oxygen atoms in total. The monoisotopic (exact) mass is 297 g/mol. The number of amides is 1. The molecule has 0 fully saturated rings. The number of hydrogen-bond acceptors (Lipinski definition) is 2. The molecule has 0 saturated carbocycles. The molecule has 0 aliphatic heterocycles. The number of aryl methyl sites for hydroxylation is 2. The van der Waals surface area contributed by atoms with E-state index in [1.54, 1.807) is 13.0 Å². The molecule has 1 amide bonds. The Kier molecular flexibility index (Phi) is 3.63. The van der Waals surface area contributed by atoms with Gasteiger partial charge < -0.3 is 5.32 Å². The summed E-state index contributed by atoms with van der Waals surface area (Å²) in [5.74, 6) is -0.717. The Morgan fingerprint density at radius 3 is 2.64 bits per heavy atom. The molecule has 0 spiro atoms. The molecule has 0 atom stereocenters. The van der Waals surface area contributed by atoms with E-state index in [-0.39, 0.29) is 5.91 Å². The third-order valence-corrected chi connectivity index (χ3v) is 3.59. The minimum absolute atomic E-state index is 0.306. The van der Waals surface area contributed by atoms with Gasteiger partial charge in [-0.25, -0.2) is 9.37 Å². The first-order valence-electron chi connectivity index (χ1n) is 7.13. The van der Waals surface area contributed by atoms with Crippen LogP contribution in [-0.2, 0) is 6.42 Å². The molecule has 0 bridgehead atoms. The molecule has 0 aliphatic rings. The molecule has 0 aliphatic carbocycles. The molecule has 22 heavy (non-hydrogen) atoms. The number of imidazole rings is 1. The lowest BCUT2D eigenvalue weighted by molar-refractivity contribution is 0.102. The lowest BCUT2D eigenvalue weighted by Gasteiger charge is -2.07. The van der Waals surface area contributed by atoms with Gasteiger partial charge in [0.2, 0.25) is 0 Å². The van der Waals surface area contributed by atoms with E-state index < -0.39 is 5.82 Å². The zero-order valence-corrected chi connectivity index (χ0v) is 12.4. The van der Waals surface area contributed by atoms with Gasteiger partial charge in [-0.1, -0.05) is 19.1 Å². The standard InChI is InChI=1S/C17H16FN3O/c1-3-12-4-7-14(8-5-12)20-17(22)16-11(2)19-15-9-6-13(18)10-21(15)16/h4-10H,3H2,1-2H3,(H,20,22). The number of halogens is 1. The van der Waals surface area contributed by atoms with Crippen molar-refractivity contribution in [3.05, 3.63) is 65.4 Å². The number of nitrogens with one attached hydrogen (secondary N) is 1. The second kappa shape index (κ2) is 5.60.